The van der Waals surface area contributed by atoms with Gasteiger partial charge in [-0.05, 0) is 58.9 Å². The third kappa shape index (κ3) is 4.91. The molecule has 0 bridgehead atoms. The summed E-state index contributed by atoms with van der Waals surface area (Å²) in [6.07, 6.45) is 5.81. The van der Waals surface area contributed by atoms with E-state index in [0.29, 0.717) is 6.54 Å². The van der Waals surface area contributed by atoms with E-state index in [1.807, 2.05) is 30.3 Å². The molecule has 32 heavy (non-hydrogen) atoms. The molecule has 2 saturated heterocycles. The van der Waals surface area contributed by atoms with Gasteiger partial charge in [0.05, 0.1) is 11.5 Å². The van der Waals surface area contributed by atoms with Crippen LogP contribution in [0.1, 0.15) is 58.9 Å². The minimum Gasteiger partial charge on any atom is -0.459 e. The zero-order chi connectivity index (χ0) is 22.9. The number of carbonyl (C=O) groups is 2. The third-order valence-electron chi connectivity index (χ3n) is 7.23. The highest BCUT2D eigenvalue weighted by molar-refractivity contribution is 5.80. The second kappa shape index (κ2) is 8.99. The lowest BCUT2D eigenvalue weighted by molar-refractivity contribution is -0.152. The van der Waals surface area contributed by atoms with Gasteiger partial charge in [0, 0.05) is 12.5 Å². The maximum atomic E-state index is 12.8. The van der Waals surface area contributed by atoms with Crippen LogP contribution in [0.2, 0.25) is 0 Å². The van der Waals surface area contributed by atoms with Crippen molar-refractivity contribution >= 4 is 11.9 Å². The number of ether oxygens (including phenoxy) is 3. The average molecular weight is 442 g/mol. The summed E-state index contributed by atoms with van der Waals surface area (Å²) in [5, 5.41) is 3.28. The lowest BCUT2D eigenvalue weighted by Gasteiger charge is -2.27. The fourth-order valence-electron chi connectivity index (χ4n) is 4.91. The fourth-order valence-corrected chi connectivity index (χ4v) is 4.91. The van der Waals surface area contributed by atoms with Crippen LogP contribution in [0.5, 0.6) is 0 Å². The lowest BCUT2D eigenvalue weighted by atomic mass is 9.80. The zero-order valence-corrected chi connectivity index (χ0v) is 19.6. The zero-order valence-electron chi connectivity index (χ0n) is 19.6. The molecular weight excluding hydrogens is 406 g/mol. The Morgan fingerprint density at radius 3 is 2.78 bits per heavy atom. The highest BCUT2D eigenvalue weighted by atomic mass is 16.6. The van der Waals surface area contributed by atoms with Crippen molar-refractivity contribution in [2.75, 3.05) is 6.54 Å². The van der Waals surface area contributed by atoms with Crippen molar-refractivity contribution in [1.29, 1.82) is 0 Å². The quantitative estimate of drug-likeness (QED) is 0.409. The number of hydrogen-bond acceptors (Lipinski definition) is 6. The second-order valence-electron chi connectivity index (χ2n) is 10.2. The number of hydrogen-bond donors (Lipinski definition) is 1. The van der Waals surface area contributed by atoms with E-state index < -0.39 is 5.54 Å². The molecule has 6 heteroatoms. The molecule has 1 N–H and O–H groups in total. The molecule has 6 nitrogen and oxygen atoms in total. The molecule has 1 aliphatic carbocycles. The van der Waals surface area contributed by atoms with Gasteiger partial charge in [0.2, 0.25) is 0 Å². The molecule has 1 aromatic carbocycles. The first-order chi connectivity index (χ1) is 15.2. The summed E-state index contributed by atoms with van der Waals surface area (Å²) < 4.78 is 17.4. The molecule has 0 unspecified atom stereocenters. The van der Waals surface area contributed by atoms with Gasteiger partial charge in [0.25, 0.3) is 0 Å². The molecule has 174 valence electrons. The van der Waals surface area contributed by atoms with Gasteiger partial charge >= 0.3 is 11.9 Å². The first kappa shape index (κ1) is 23.0. The Bertz CT molecular complexity index is 879. The molecule has 2 fully saturated rings. The predicted molar refractivity (Wildman–Crippen MR) is 121 cm³/mol. The van der Waals surface area contributed by atoms with Crippen LogP contribution in [0.15, 0.2) is 42.0 Å². The molecule has 0 amide bonds. The van der Waals surface area contributed by atoms with E-state index in [2.05, 4.69) is 25.2 Å². The lowest BCUT2D eigenvalue weighted by Crippen LogP contribution is -2.50. The number of nitrogens with one attached hydrogen (secondary N) is 1. The van der Waals surface area contributed by atoms with Crippen LogP contribution in [0.3, 0.4) is 0 Å². The van der Waals surface area contributed by atoms with Crippen molar-refractivity contribution in [2.24, 2.45) is 11.8 Å². The van der Waals surface area contributed by atoms with Gasteiger partial charge in [-0.3, -0.25) is 9.59 Å². The standard InChI is InChI=1S/C26H35NO5/c1-17-9-8-14-26(4)22(32-26)21-19(13-12-17)20(23(28)31-21)15-27-25(2,3)24(29)30-16-18-10-6-5-7-11-18/h5-7,9-11,19-22,27H,8,12-16H2,1-4H3/b17-9+/t19-,20-,21-,22-,26+/m0/s1. The summed E-state index contributed by atoms with van der Waals surface area (Å²) >= 11 is 0. The number of carbonyl (C=O) groups excluding carboxylic acids is 2. The summed E-state index contributed by atoms with van der Waals surface area (Å²) in [5.74, 6) is -0.770. The minimum atomic E-state index is -0.913. The SMILES string of the molecule is C/C1=C\CC[C@@]2(C)O[C@H]2[C@H]2OC(=O)[C@@H](CNC(C)(C)C(=O)OCc3ccccc3)[C@@H]2CC1. The van der Waals surface area contributed by atoms with Crippen LogP contribution in [0, 0.1) is 11.8 Å². The Morgan fingerprint density at radius 1 is 1.28 bits per heavy atom. The molecule has 0 aromatic heterocycles. The maximum Gasteiger partial charge on any atom is 0.326 e. The second-order valence-corrected chi connectivity index (χ2v) is 10.2. The number of epoxide rings is 1. The number of benzene rings is 1. The van der Waals surface area contributed by atoms with Gasteiger partial charge in [-0.15, -0.1) is 0 Å². The van der Waals surface area contributed by atoms with Crippen LogP contribution < -0.4 is 5.32 Å². The average Bonchev–Trinajstić information content (AvgIpc) is 3.32. The van der Waals surface area contributed by atoms with Gasteiger partial charge in [0.1, 0.15) is 24.4 Å². The molecule has 5 atom stereocenters. The fraction of sp³-hybridized carbons (Fsp3) is 0.615. The predicted octanol–water partition coefficient (Wildman–Crippen LogP) is 3.93. The van der Waals surface area contributed by atoms with E-state index in [1.165, 1.54) is 5.57 Å². The molecule has 2 aliphatic heterocycles. The summed E-state index contributed by atoms with van der Waals surface area (Å²) in [7, 11) is 0. The van der Waals surface area contributed by atoms with E-state index in [4.69, 9.17) is 14.2 Å². The third-order valence-corrected chi connectivity index (χ3v) is 7.23. The molecule has 3 aliphatic rings. The minimum absolute atomic E-state index is 0.0305. The summed E-state index contributed by atoms with van der Waals surface area (Å²) in [5.41, 5.74) is 1.17. The highest BCUT2D eigenvalue weighted by Crippen LogP contribution is 2.50. The first-order valence-electron chi connectivity index (χ1n) is 11.7. The Balaban J connectivity index is 1.39. The Hall–Kier alpha value is -2.18. The monoisotopic (exact) mass is 441 g/mol. The van der Waals surface area contributed by atoms with Crippen LogP contribution in [0.25, 0.3) is 0 Å². The summed E-state index contributed by atoms with van der Waals surface area (Å²) in [6.45, 7) is 8.45. The largest absolute Gasteiger partial charge is 0.459 e. The van der Waals surface area contributed by atoms with E-state index in [9.17, 15) is 9.59 Å². The first-order valence-corrected chi connectivity index (χ1v) is 11.7. The molecule has 0 saturated carbocycles. The van der Waals surface area contributed by atoms with Crippen molar-refractivity contribution in [3.05, 3.63) is 47.5 Å². The van der Waals surface area contributed by atoms with Crippen LogP contribution in [0.4, 0.5) is 0 Å². The molecule has 2 heterocycles. The van der Waals surface area contributed by atoms with Crippen molar-refractivity contribution in [1.82, 2.24) is 5.32 Å². The smallest absolute Gasteiger partial charge is 0.326 e. The molecule has 0 radical (unpaired) electrons. The van der Waals surface area contributed by atoms with Crippen molar-refractivity contribution in [3.8, 4) is 0 Å². The van der Waals surface area contributed by atoms with Gasteiger partial charge in [-0.2, -0.15) is 0 Å². The van der Waals surface area contributed by atoms with Gasteiger partial charge in [0.15, 0.2) is 0 Å². The van der Waals surface area contributed by atoms with E-state index in [-0.39, 0.29) is 48.2 Å². The molecule has 1 aromatic rings. The summed E-state index contributed by atoms with van der Waals surface area (Å²) in [6, 6.07) is 9.60. The molecule has 0 spiro atoms. The van der Waals surface area contributed by atoms with E-state index >= 15 is 0 Å². The van der Waals surface area contributed by atoms with Crippen LogP contribution in [-0.2, 0) is 30.4 Å². The Kier molecular flexibility index (Phi) is 6.46. The van der Waals surface area contributed by atoms with E-state index in [0.717, 1.165) is 31.2 Å². The number of fused-ring (bicyclic) bond motifs is 3. The molecule has 4 rings (SSSR count). The van der Waals surface area contributed by atoms with Crippen LogP contribution >= 0.6 is 0 Å². The van der Waals surface area contributed by atoms with Gasteiger partial charge in [-0.1, -0.05) is 42.0 Å². The Labute approximate surface area is 190 Å². The Morgan fingerprint density at radius 2 is 2.03 bits per heavy atom. The van der Waals surface area contributed by atoms with Gasteiger partial charge < -0.3 is 19.5 Å². The van der Waals surface area contributed by atoms with Gasteiger partial charge in [-0.25, -0.2) is 0 Å². The number of rotatable bonds is 6. The van der Waals surface area contributed by atoms with Crippen molar-refractivity contribution in [2.45, 2.75) is 83.3 Å². The maximum absolute atomic E-state index is 12.8. The van der Waals surface area contributed by atoms with Crippen molar-refractivity contribution < 1.29 is 23.8 Å². The van der Waals surface area contributed by atoms with Crippen LogP contribution in [-0.4, -0.2) is 41.8 Å². The normalized spacial score (nSPS) is 33.9. The topological polar surface area (TPSA) is 77.2 Å². The molecular formula is C26H35NO5. The summed E-state index contributed by atoms with van der Waals surface area (Å²) in [4.78, 5) is 25.5. The highest BCUT2D eigenvalue weighted by Gasteiger charge is 2.62. The van der Waals surface area contributed by atoms with E-state index in [1.54, 1.807) is 13.8 Å². The number of allylic oxidation sites excluding steroid dienone is 2. The number of esters is 2. The van der Waals surface area contributed by atoms with Crippen molar-refractivity contribution in [3.63, 3.8) is 0 Å².